The fourth-order valence-electron chi connectivity index (χ4n) is 5.62. The van der Waals surface area contributed by atoms with E-state index in [1.54, 1.807) is 18.2 Å². The molecule has 2 aliphatic heterocycles. The monoisotopic (exact) mass is 505 g/mol. The predicted octanol–water partition coefficient (Wildman–Crippen LogP) is 6.05. The average molecular weight is 506 g/mol. The Morgan fingerprint density at radius 3 is 2.50 bits per heavy atom. The lowest BCUT2D eigenvalue weighted by Gasteiger charge is -2.36. The van der Waals surface area contributed by atoms with Crippen molar-refractivity contribution in [1.29, 1.82) is 0 Å². The molecule has 2 bridgehead atoms. The molecule has 34 heavy (non-hydrogen) atoms. The molecule has 0 aromatic heterocycles. The molecule has 3 aliphatic rings. The molecule has 0 unspecified atom stereocenters. The highest BCUT2D eigenvalue weighted by Gasteiger charge is 2.41. The zero-order chi connectivity index (χ0) is 23.7. The highest BCUT2D eigenvalue weighted by molar-refractivity contribution is 6.34. The lowest BCUT2D eigenvalue weighted by molar-refractivity contribution is 0.0694. The summed E-state index contributed by atoms with van der Waals surface area (Å²) >= 11 is 12.1. The second kappa shape index (κ2) is 10.3. The summed E-state index contributed by atoms with van der Waals surface area (Å²) in [4.78, 5) is 19.7. The molecule has 182 valence electrons. The number of piperidine rings is 1. The van der Waals surface area contributed by atoms with Crippen molar-refractivity contribution >= 4 is 35.0 Å². The Morgan fingerprint density at radius 1 is 1.00 bits per heavy atom. The van der Waals surface area contributed by atoms with Gasteiger partial charge in [-0.15, -0.1) is 0 Å². The molecular formula is C26H30Cl2FN3O2. The second-order valence-electron chi connectivity index (χ2n) is 9.45. The number of carbonyl (C=O) groups excluding carboxylic acids is 1. The quantitative estimate of drug-likeness (QED) is 0.478. The van der Waals surface area contributed by atoms with E-state index < -0.39 is 0 Å². The van der Waals surface area contributed by atoms with Crippen molar-refractivity contribution in [1.82, 2.24) is 9.80 Å². The number of hydrogen-bond donors (Lipinski definition) is 0. The van der Waals surface area contributed by atoms with E-state index in [0.717, 1.165) is 51.1 Å². The Kier molecular flexibility index (Phi) is 7.19. The van der Waals surface area contributed by atoms with Gasteiger partial charge in [0.25, 0.3) is 0 Å². The first-order chi connectivity index (χ1) is 16.5. The van der Waals surface area contributed by atoms with Crippen molar-refractivity contribution in [2.24, 2.45) is 0 Å². The molecule has 0 spiro atoms. The molecule has 2 heterocycles. The maximum atomic E-state index is 13.0. The first-order valence-corrected chi connectivity index (χ1v) is 12.8. The van der Waals surface area contributed by atoms with Crippen LogP contribution in [-0.4, -0.2) is 61.8 Å². The van der Waals surface area contributed by atoms with E-state index in [2.05, 4.69) is 28.0 Å². The summed E-state index contributed by atoms with van der Waals surface area (Å²) < 4.78 is 18.2. The minimum absolute atomic E-state index is 0.0509. The van der Waals surface area contributed by atoms with E-state index in [4.69, 9.17) is 27.9 Å². The van der Waals surface area contributed by atoms with E-state index in [-0.39, 0.29) is 25.4 Å². The number of halogens is 3. The summed E-state index contributed by atoms with van der Waals surface area (Å²) in [6, 6.07) is 12.0. The number of ether oxygens (including phenoxy) is 1. The SMILES string of the molecule is O=C(OCc1cc(Cl)cc(Cl)c1)N1CC[C@@H]2C[C@H]1c1cc(N3CCN(CCCF)CC3)ccc12. The normalized spacial score (nSPS) is 22.1. The summed E-state index contributed by atoms with van der Waals surface area (Å²) in [5, 5.41) is 1.06. The number of likely N-dealkylation sites (tertiary alicyclic amines) is 1. The number of carbonyl (C=O) groups is 1. The summed E-state index contributed by atoms with van der Waals surface area (Å²) in [7, 11) is 0. The molecule has 1 amide bonds. The van der Waals surface area contributed by atoms with Gasteiger partial charge < -0.3 is 14.5 Å². The molecule has 1 aliphatic carbocycles. The summed E-state index contributed by atoms with van der Waals surface area (Å²) in [6.45, 7) is 5.20. The standard InChI is InChI=1S/C26H30Cl2FN3O2/c27-20-12-18(13-21(28)15-20)17-34-26(33)32-7-4-19-14-25(32)24-16-22(2-3-23(19)24)31-10-8-30(9-11-31)6-1-5-29/h2-3,12-13,15-16,19,25H,1,4-11,14,17H2/t19-,25+/m1/s1. The molecule has 2 saturated heterocycles. The lowest BCUT2D eigenvalue weighted by Crippen LogP contribution is -2.46. The number of piperazine rings is 1. The number of hydrogen-bond acceptors (Lipinski definition) is 4. The van der Waals surface area contributed by atoms with Crippen LogP contribution >= 0.6 is 23.2 Å². The maximum absolute atomic E-state index is 13.0. The Balaban J connectivity index is 1.26. The van der Waals surface area contributed by atoms with Crippen molar-refractivity contribution in [3.05, 3.63) is 63.1 Å². The molecule has 5 rings (SSSR count). The van der Waals surface area contributed by atoms with Crippen LogP contribution in [0.15, 0.2) is 36.4 Å². The molecule has 2 aromatic carbocycles. The molecule has 2 aromatic rings. The smallest absolute Gasteiger partial charge is 0.410 e. The average Bonchev–Trinajstić information content (AvgIpc) is 3.12. The van der Waals surface area contributed by atoms with Crippen molar-refractivity contribution in [3.8, 4) is 0 Å². The number of fused-ring (bicyclic) bond motifs is 5. The van der Waals surface area contributed by atoms with Crippen molar-refractivity contribution in [3.63, 3.8) is 0 Å². The van der Waals surface area contributed by atoms with Gasteiger partial charge in [0.2, 0.25) is 0 Å². The third-order valence-corrected chi connectivity index (χ3v) is 7.77. The molecule has 5 nitrogen and oxygen atoms in total. The van der Waals surface area contributed by atoms with Crippen LogP contribution in [0.2, 0.25) is 10.0 Å². The minimum atomic E-state index is -0.292. The van der Waals surface area contributed by atoms with E-state index in [1.165, 1.54) is 16.8 Å². The van der Waals surface area contributed by atoms with E-state index in [0.29, 0.717) is 28.9 Å². The number of nitrogens with zero attached hydrogens (tertiary/aromatic N) is 3. The van der Waals surface area contributed by atoms with E-state index >= 15 is 0 Å². The Morgan fingerprint density at radius 2 is 1.76 bits per heavy atom. The van der Waals surface area contributed by atoms with Gasteiger partial charge in [0, 0.05) is 55.0 Å². The van der Waals surface area contributed by atoms with Crippen LogP contribution in [0.25, 0.3) is 0 Å². The van der Waals surface area contributed by atoms with Crippen molar-refractivity contribution in [2.75, 3.05) is 50.8 Å². The van der Waals surface area contributed by atoms with E-state index in [1.807, 2.05) is 4.90 Å². The topological polar surface area (TPSA) is 36.0 Å². The number of alkyl halides is 1. The number of rotatable bonds is 6. The second-order valence-corrected chi connectivity index (χ2v) is 10.3. The minimum Gasteiger partial charge on any atom is -0.445 e. The third-order valence-electron chi connectivity index (χ3n) is 7.34. The first kappa shape index (κ1) is 23.7. The molecule has 0 N–H and O–H groups in total. The van der Waals surface area contributed by atoms with Crippen LogP contribution in [0.5, 0.6) is 0 Å². The van der Waals surface area contributed by atoms with Gasteiger partial charge in [-0.1, -0.05) is 29.3 Å². The van der Waals surface area contributed by atoms with Gasteiger partial charge in [-0.2, -0.15) is 0 Å². The predicted molar refractivity (Wildman–Crippen MR) is 134 cm³/mol. The van der Waals surface area contributed by atoms with Crippen LogP contribution in [0.3, 0.4) is 0 Å². The summed E-state index contributed by atoms with van der Waals surface area (Å²) in [5.74, 6) is 0.502. The van der Waals surface area contributed by atoms with Crippen molar-refractivity contribution in [2.45, 2.75) is 37.8 Å². The van der Waals surface area contributed by atoms with Gasteiger partial charge in [-0.05, 0) is 72.2 Å². The number of anilines is 1. The Labute approximate surface area is 210 Å². The molecule has 2 atom stereocenters. The first-order valence-electron chi connectivity index (χ1n) is 12.1. The molecular weight excluding hydrogens is 476 g/mol. The van der Waals surface area contributed by atoms with Crippen LogP contribution in [0.1, 0.15) is 47.9 Å². The van der Waals surface area contributed by atoms with Gasteiger partial charge in [-0.25, -0.2) is 4.79 Å². The fraction of sp³-hybridized carbons (Fsp3) is 0.500. The van der Waals surface area contributed by atoms with E-state index in [9.17, 15) is 9.18 Å². The molecule has 8 heteroatoms. The van der Waals surface area contributed by atoms with Crippen molar-refractivity contribution < 1.29 is 13.9 Å². The third kappa shape index (κ3) is 5.00. The fourth-order valence-corrected chi connectivity index (χ4v) is 6.19. The largest absolute Gasteiger partial charge is 0.445 e. The van der Waals surface area contributed by atoms with Gasteiger partial charge in [0.05, 0.1) is 12.7 Å². The summed E-state index contributed by atoms with van der Waals surface area (Å²) in [6.07, 6.45) is 2.22. The van der Waals surface area contributed by atoms with Gasteiger partial charge in [0.1, 0.15) is 6.61 Å². The molecule has 0 radical (unpaired) electrons. The summed E-state index contributed by atoms with van der Waals surface area (Å²) in [5.41, 5.74) is 4.61. The Bertz CT molecular complexity index is 1020. The van der Waals surface area contributed by atoms with Crippen LogP contribution in [-0.2, 0) is 11.3 Å². The van der Waals surface area contributed by atoms with Gasteiger partial charge in [0.15, 0.2) is 0 Å². The van der Waals surface area contributed by atoms with Gasteiger partial charge in [-0.3, -0.25) is 9.29 Å². The zero-order valence-corrected chi connectivity index (χ0v) is 20.7. The highest BCUT2D eigenvalue weighted by Crippen LogP contribution is 2.50. The number of benzene rings is 2. The molecule has 0 saturated carbocycles. The van der Waals surface area contributed by atoms with Gasteiger partial charge >= 0.3 is 6.09 Å². The van der Waals surface area contributed by atoms with Crippen LogP contribution in [0.4, 0.5) is 14.9 Å². The lowest BCUT2D eigenvalue weighted by atomic mass is 9.96. The highest BCUT2D eigenvalue weighted by atomic mass is 35.5. The zero-order valence-electron chi connectivity index (χ0n) is 19.2. The number of amides is 1. The molecule has 2 fully saturated rings. The van der Waals surface area contributed by atoms with Crippen LogP contribution in [0, 0.1) is 0 Å². The maximum Gasteiger partial charge on any atom is 0.410 e. The Hall–Kier alpha value is -2.02. The van der Waals surface area contributed by atoms with Crippen LogP contribution < -0.4 is 4.90 Å².